The van der Waals surface area contributed by atoms with Gasteiger partial charge in [-0.2, -0.15) is 0 Å². The highest BCUT2D eigenvalue weighted by Gasteiger charge is 2.21. The maximum absolute atomic E-state index is 12.3. The van der Waals surface area contributed by atoms with Crippen LogP contribution >= 0.6 is 46.3 Å². The summed E-state index contributed by atoms with van der Waals surface area (Å²) in [5.41, 5.74) is 2.20. The summed E-state index contributed by atoms with van der Waals surface area (Å²) in [6, 6.07) is 14.2. The molecule has 0 unspecified atom stereocenters. The Bertz CT molecular complexity index is 986. The van der Waals surface area contributed by atoms with Crippen molar-refractivity contribution in [1.82, 2.24) is 15.2 Å². The Kier molecular flexibility index (Phi) is 7.55. The smallest absolute Gasteiger partial charge is 0.221 e. The third-order valence-corrected chi connectivity index (χ3v) is 8.09. The fourth-order valence-corrected chi connectivity index (χ4v) is 5.97. The summed E-state index contributed by atoms with van der Waals surface area (Å²) in [4.78, 5) is 19.3. The fourth-order valence-electron chi connectivity index (χ4n) is 3.58. The quantitative estimate of drug-likeness (QED) is 0.430. The molecule has 2 heterocycles. The number of benzene rings is 2. The number of halogens is 2. The summed E-state index contributed by atoms with van der Waals surface area (Å²) in [5.74, 6) is 0.883. The Balaban J connectivity index is 1.16. The number of nitrogens with one attached hydrogen (secondary N) is 1. The van der Waals surface area contributed by atoms with Crippen molar-refractivity contribution in [2.45, 2.75) is 36.2 Å². The minimum atomic E-state index is 0.131. The van der Waals surface area contributed by atoms with Crippen LogP contribution in [0.1, 0.15) is 24.8 Å². The van der Waals surface area contributed by atoms with Gasteiger partial charge in [0.15, 0.2) is 4.34 Å². The molecule has 8 heteroatoms. The van der Waals surface area contributed by atoms with E-state index in [1.165, 1.54) is 10.3 Å². The number of carbonyl (C=O) groups is 1. The van der Waals surface area contributed by atoms with Crippen LogP contribution in [0.3, 0.4) is 0 Å². The number of hydrogen-bond donors (Lipinski definition) is 1. The first kappa shape index (κ1) is 21.9. The average Bonchev–Trinajstić information content (AvgIpc) is 3.15. The van der Waals surface area contributed by atoms with Gasteiger partial charge in [0.2, 0.25) is 5.91 Å². The van der Waals surface area contributed by atoms with Crippen LogP contribution in [0.4, 0.5) is 0 Å². The van der Waals surface area contributed by atoms with Crippen LogP contribution in [0.2, 0.25) is 10.0 Å². The number of carbonyl (C=O) groups excluding carboxylic acids is 1. The van der Waals surface area contributed by atoms with Crippen molar-refractivity contribution >= 4 is 62.4 Å². The highest BCUT2D eigenvalue weighted by molar-refractivity contribution is 8.01. The molecule has 1 fully saturated rings. The zero-order valence-electron chi connectivity index (χ0n) is 16.4. The Labute approximate surface area is 195 Å². The van der Waals surface area contributed by atoms with Gasteiger partial charge < -0.3 is 5.32 Å². The lowest BCUT2D eigenvalue weighted by molar-refractivity contribution is -0.121. The first-order valence-electron chi connectivity index (χ1n) is 10.0. The number of thioether (sulfide) groups is 1. The molecule has 0 aliphatic carbocycles. The van der Waals surface area contributed by atoms with Crippen molar-refractivity contribution in [3.05, 3.63) is 58.1 Å². The molecule has 1 aromatic heterocycles. The molecule has 0 bridgehead atoms. The van der Waals surface area contributed by atoms with Crippen molar-refractivity contribution in [3.8, 4) is 0 Å². The van der Waals surface area contributed by atoms with Gasteiger partial charge in [0.25, 0.3) is 0 Å². The number of piperidine rings is 1. The molecule has 1 N–H and O–H groups in total. The number of amides is 1. The topological polar surface area (TPSA) is 45.2 Å². The number of fused-ring (bicyclic) bond motifs is 1. The van der Waals surface area contributed by atoms with Crippen LogP contribution in [0.15, 0.2) is 46.8 Å². The molecule has 1 saturated heterocycles. The van der Waals surface area contributed by atoms with Gasteiger partial charge in [-0.05, 0) is 42.7 Å². The lowest BCUT2D eigenvalue weighted by Crippen LogP contribution is -2.44. The highest BCUT2D eigenvalue weighted by atomic mass is 35.5. The first-order valence-corrected chi connectivity index (χ1v) is 12.6. The van der Waals surface area contributed by atoms with Crippen molar-refractivity contribution in [3.63, 3.8) is 0 Å². The van der Waals surface area contributed by atoms with E-state index in [9.17, 15) is 4.79 Å². The summed E-state index contributed by atoms with van der Waals surface area (Å²) in [7, 11) is 0. The summed E-state index contributed by atoms with van der Waals surface area (Å²) >= 11 is 15.4. The van der Waals surface area contributed by atoms with Crippen LogP contribution in [-0.4, -0.2) is 40.7 Å². The van der Waals surface area contributed by atoms with Crippen LogP contribution in [0.5, 0.6) is 0 Å². The Morgan fingerprint density at radius 2 is 1.97 bits per heavy atom. The maximum Gasteiger partial charge on any atom is 0.221 e. The highest BCUT2D eigenvalue weighted by Crippen LogP contribution is 2.29. The lowest BCUT2D eigenvalue weighted by Gasteiger charge is -2.32. The molecule has 1 aliphatic heterocycles. The van der Waals surface area contributed by atoms with E-state index in [0.29, 0.717) is 16.5 Å². The van der Waals surface area contributed by atoms with Gasteiger partial charge in [-0.25, -0.2) is 4.98 Å². The predicted molar refractivity (Wildman–Crippen MR) is 128 cm³/mol. The molecule has 30 heavy (non-hydrogen) atoms. The van der Waals surface area contributed by atoms with Gasteiger partial charge >= 0.3 is 0 Å². The molecule has 1 aliphatic rings. The van der Waals surface area contributed by atoms with Gasteiger partial charge in [0, 0.05) is 37.8 Å². The van der Waals surface area contributed by atoms with Gasteiger partial charge in [0.1, 0.15) is 0 Å². The Morgan fingerprint density at radius 3 is 2.73 bits per heavy atom. The molecule has 158 valence electrons. The van der Waals surface area contributed by atoms with Gasteiger partial charge in [-0.1, -0.05) is 53.2 Å². The second-order valence-corrected chi connectivity index (χ2v) is 10.6. The zero-order valence-corrected chi connectivity index (χ0v) is 19.6. The van der Waals surface area contributed by atoms with E-state index in [1.54, 1.807) is 23.1 Å². The number of likely N-dealkylation sites (tertiary alicyclic amines) is 1. The van der Waals surface area contributed by atoms with Crippen LogP contribution in [-0.2, 0) is 11.3 Å². The van der Waals surface area contributed by atoms with Crippen molar-refractivity contribution in [1.29, 1.82) is 0 Å². The molecule has 0 atom stereocenters. The molecule has 0 radical (unpaired) electrons. The molecule has 0 spiro atoms. The van der Waals surface area contributed by atoms with Gasteiger partial charge in [-0.3, -0.25) is 9.69 Å². The van der Waals surface area contributed by atoms with E-state index in [-0.39, 0.29) is 11.9 Å². The maximum atomic E-state index is 12.3. The monoisotopic (exact) mass is 479 g/mol. The Morgan fingerprint density at radius 1 is 1.17 bits per heavy atom. The average molecular weight is 480 g/mol. The number of hydrogen-bond acceptors (Lipinski definition) is 5. The van der Waals surface area contributed by atoms with Crippen molar-refractivity contribution in [2.24, 2.45) is 0 Å². The van der Waals surface area contributed by atoms with Crippen LogP contribution in [0, 0.1) is 0 Å². The van der Waals surface area contributed by atoms with Crippen molar-refractivity contribution in [2.75, 3.05) is 18.8 Å². The molecular formula is C22H23Cl2N3OS2. The normalized spacial score (nSPS) is 15.5. The SMILES string of the molecule is O=C(CCSc1nc2ccccc2s1)NC1CCN(Cc2ccc(Cl)c(Cl)c2)CC1. The number of para-hydroxylation sites is 1. The molecule has 4 rings (SSSR count). The molecular weight excluding hydrogens is 457 g/mol. The van der Waals surface area contributed by atoms with Crippen molar-refractivity contribution < 1.29 is 4.79 Å². The number of aromatic nitrogens is 1. The van der Waals surface area contributed by atoms with Crippen LogP contribution in [0.25, 0.3) is 10.2 Å². The lowest BCUT2D eigenvalue weighted by atomic mass is 10.0. The summed E-state index contributed by atoms with van der Waals surface area (Å²) in [6.07, 6.45) is 2.46. The van der Waals surface area contributed by atoms with Gasteiger partial charge in [-0.15, -0.1) is 11.3 Å². The zero-order chi connectivity index (χ0) is 20.9. The van der Waals surface area contributed by atoms with Gasteiger partial charge in [0.05, 0.1) is 20.3 Å². The number of rotatable bonds is 7. The Hall–Kier alpha value is -1.31. The third kappa shape index (κ3) is 5.89. The van der Waals surface area contributed by atoms with E-state index >= 15 is 0 Å². The summed E-state index contributed by atoms with van der Waals surface area (Å²) in [6.45, 7) is 2.79. The predicted octanol–water partition coefficient (Wildman–Crippen LogP) is 5.87. The molecule has 0 saturated carbocycles. The minimum Gasteiger partial charge on any atom is -0.353 e. The van der Waals surface area contributed by atoms with E-state index in [4.69, 9.17) is 23.2 Å². The third-order valence-electron chi connectivity index (χ3n) is 5.17. The van der Waals surface area contributed by atoms with E-state index in [1.807, 2.05) is 36.4 Å². The van der Waals surface area contributed by atoms with E-state index in [2.05, 4.69) is 21.3 Å². The number of nitrogens with zero attached hydrogens (tertiary/aromatic N) is 2. The second-order valence-electron chi connectivity index (χ2n) is 7.41. The largest absolute Gasteiger partial charge is 0.353 e. The van der Waals surface area contributed by atoms with E-state index < -0.39 is 0 Å². The molecule has 1 amide bonds. The molecule has 4 nitrogen and oxygen atoms in total. The summed E-state index contributed by atoms with van der Waals surface area (Å²) < 4.78 is 2.22. The van der Waals surface area contributed by atoms with Crippen LogP contribution < -0.4 is 5.32 Å². The number of thiazole rings is 1. The standard InChI is InChI=1S/C22H23Cl2N3OS2/c23-17-6-5-15(13-18(17)24)14-27-10-7-16(8-11-27)25-21(28)9-12-29-22-26-19-3-1-2-4-20(19)30-22/h1-6,13,16H,7-12,14H2,(H,25,28). The second kappa shape index (κ2) is 10.3. The minimum absolute atomic E-state index is 0.131. The molecule has 2 aromatic carbocycles. The fraction of sp³-hybridized carbons (Fsp3) is 0.364. The van der Waals surface area contributed by atoms with E-state index in [0.717, 1.165) is 48.1 Å². The first-order chi connectivity index (χ1) is 14.6. The molecule has 3 aromatic rings. The summed E-state index contributed by atoms with van der Waals surface area (Å²) in [5, 5.41) is 4.38.